The molecule has 0 saturated carbocycles. The molecule has 0 spiro atoms. The standard InChI is InChI=1S/C19H33N3O/c1-3-4-5-10-21(13-14-23)18-8-11-22(12-9-18)19-7-6-17(20)15-16(19)2/h6-7,15,18,23H,3-5,8-14,20H2,1-2H3. The van der Waals surface area contributed by atoms with Crippen molar-refractivity contribution in [3.63, 3.8) is 0 Å². The van der Waals surface area contributed by atoms with Crippen molar-refractivity contribution in [1.29, 1.82) is 0 Å². The Morgan fingerprint density at radius 2 is 1.96 bits per heavy atom. The minimum Gasteiger partial charge on any atom is -0.399 e. The molecule has 1 aromatic rings. The van der Waals surface area contributed by atoms with Gasteiger partial charge in [0.25, 0.3) is 0 Å². The van der Waals surface area contributed by atoms with Gasteiger partial charge in [0.05, 0.1) is 6.61 Å². The van der Waals surface area contributed by atoms with Crippen molar-refractivity contribution in [3.05, 3.63) is 23.8 Å². The van der Waals surface area contributed by atoms with Crippen LogP contribution in [0.3, 0.4) is 0 Å². The quantitative estimate of drug-likeness (QED) is 0.571. The first kappa shape index (κ1) is 18.1. The van der Waals surface area contributed by atoms with Gasteiger partial charge in [0.15, 0.2) is 0 Å². The summed E-state index contributed by atoms with van der Waals surface area (Å²) >= 11 is 0. The summed E-state index contributed by atoms with van der Waals surface area (Å²) in [7, 11) is 0. The molecule has 4 heteroatoms. The van der Waals surface area contributed by atoms with Crippen molar-refractivity contribution in [2.24, 2.45) is 0 Å². The molecule has 1 aromatic carbocycles. The lowest BCUT2D eigenvalue weighted by molar-refractivity contribution is 0.130. The number of piperidine rings is 1. The Balaban J connectivity index is 1.90. The largest absolute Gasteiger partial charge is 0.399 e. The third kappa shape index (κ3) is 5.11. The average Bonchev–Trinajstić information content (AvgIpc) is 2.55. The smallest absolute Gasteiger partial charge is 0.0558 e. The molecule has 1 saturated heterocycles. The van der Waals surface area contributed by atoms with Gasteiger partial charge in [-0.3, -0.25) is 4.90 Å². The van der Waals surface area contributed by atoms with Crippen LogP contribution in [0, 0.1) is 6.92 Å². The Hall–Kier alpha value is -1.26. The van der Waals surface area contributed by atoms with Crippen molar-refractivity contribution in [2.75, 3.05) is 43.4 Å². The summed E-state index contributed by atoms with van der Waals surface area (Å²) < 4.78 is 0. The van der Waals surface area contributed by atoms with Crippen LogP contribution < -0.4 is 10.6 Å². The molecule has 0 unspecified atom stereocenters. The van der Waals surface area contributed by atoms with E-state index in [1.54, 1.807) is 0 Å². The monoisotopic (exact) mass is 319 g/mol. The number of hydrogen-bond donors (Lipinski definition) is 2. The summed E-state index contributed by atoms with van der Waals surface area (Å²) in [5, 5.41) is 9.35. The Kier molecular flexibility index (Phi) is 7.18. The second-order valence-electron chi connectivity index (χ2n) is 6.73. The molecular formula is C19H33N3O. The minimum absolute atomic E-state index is 0.267. The highest BCUT2D eigenvalue weighted by Crippen LogP contribution is 2.27. The molecule has 0 bridgehead atoms. The summed E-state index contributed by atoms with van der Waals surface area (Å²) in [5.41, 5.74) is 9.28. The number of nitrogen functional groups attached to an aromatic ring is 1. The molecule has 2 rings (SSSR count). The number of aliphatic hydroxyl groups excluding tert-OH is 1. The number of nitrogens with two attached hydrogens (primary N) is 1. The highest BCUT2D eigenvalue weighted by Gasteiger charge is 2.24. The Morgan fingerprint density at radius 1 is 1.22 bits per heavy atom. The fourth-order valence-electron chi connectivity index (χ4n) is 3.68. The van der Waals surface area contributed by atoms with Crippen LogP contribution in [0.5, 0.6) is 0 Å². The minimum atomic E-state index is 0.267. The topological polar surface area (TPSA) is 52.7 Å². The van der Waals surface area contributed by atoms with Crippen LogP contribution in [0.25, 0.3) is 0 Å². The second kappa shape index (κ2) is 9.14. The van der Waals surface area contributed by atoms with Crippen LogP contribution in [0.2, 0.25) is 0 Å². The van der Waals surface area contributed by atoms with Crippen LogP contribution >= 0.6 is 0 Å². The van der Waals surface area contributed by atoms with Gasteiger partial charge in [0.2, 0.25) is 0 Å². The first-order chi connectivity index (χ1) is 11.2. The van der Waals surface area contributed by atoms with E-state index in [2.05, 4.69) is 35.8 Å². The van der Waals surface area contributed by atoms with E-state index in [0.717, 1.165) is 31.9 Å². The lowest BCUT2D eigenvalue weighted by Crippen LogP contribution is -2.46. The fraction of sp³-hybridized carbons (Fsp3) is 0.684. The molecule has 23 heavy (non-hydrogen) atoms. The molecule has 130 valence electrons. The van der Waals surface area contributed by atoms with Gasteiger partial charge in [0, 0.05) is 37.1 Å². The van der Waals surface area contributed by atoms with E-state index in [1.165, 1.54) is 43.4 Å². The summed E-state index contributed by atoms with van der Waals surface area (Å²) in [4.78, 5) is 4.98. The molecule has 0 aliphatic carbocycles. The molecular weight excluding hydrogens is 286 g/mol. The van der Waals surface area contributed by atoms with E-state index in [9.17, 15) is 5.11 Å². The van der Waals surface area contributed by atoms with Crippen LogP contribution in [0.15, 0.2) is 18.2 Å². The number of benzene rings is 1. The zero-order chi connectivity index (χ0) is 16.7. The lowest BCUT2D eigenvalue weighted by atomic mass is 10.0. The highest BCUT2D eigenvalue weighted by molar-refractivity contribution is 5.59. The number of aliphatic hydroxyl groups is 1. The van der Waals surface area contributed by atoms with Gasteiger partial charge >= 0.3 is 0 Å². The molecule has 0 atom stereocenters. The number of nitrogens with zero attached hydrogens (tertiary/aromatic N) is 2. The van der Waals surface area contributed by atoms with E-state index in [4.69, 9.17) is 5.73 Å². The molecule has 0 aromatic heterocycles. The maximum Gasteiger partial charge on any atom is 0.0558 e. The van der Waals surface area contributed by atoms with Crippen LogP contribution in [0.1, 0.15) is 44.6 Å². The van der Waals surface area contributed by atoms with Gasteiger partial charge in [-0.25, -0.2) is 0 Å². The number of hydrogen-bond acceptors (Lipinski definition) is 4. The second-order valence-corrected chi connectivity index (χ2v) is 6.73. The zero-order valence-electron chi connectivity index (χ0n) is 14.8. The first-order valence-electron chi connectivity index (χ1n) is 9.11. The van der Waals surface area contributed by atoms with Crippen molar-refractivity contribution < 1.29 is 5.11 Å². The Labute approximate surface area is 141 Å². The van der Waals surface area contributed by atoms with E-state index >= 15 is 0 Å². The predicted octanol–water partition coefficient (Wildman–Crippen LogP) is 3.03. The van der Waals surface area contributed by atoms with Gasteiger partial charge in [-0.1, -0.05) is 19.8 Å². The lowest BCUT2D eigenvalue weighted by Gasteiger charge is -2.40. The van der Waals surface area contributed by atoms with E-state index < -0.39 is 0 Å². The van der Waals surface area contributed by atoms with Gasteiger partial charge < -0.3 is 15.7 Å². The van der Waals surface area contributed by atoms with Crippen molar-refractivity contribution >= 4 is 11.4 Å². The third-order valence-corrected chi connectivity index (χ3v) is 4.98. The number of unbranched alkanes of at least 4 members (excludes halogenated alkanes) is 2. The molecule has 3 N–H and O–H groups in total. The molecule has 4 nitrogen and oxygen atoms in total. The summed E-state index contributed by atoms with van der Waals surface area (Å²) in [6.45, 7) is 8.76. The molecule has 1 fully saturated rings. The fourth-order valence-corrected chi connectivity index (χ4v) is 3.68. The Morgan fingerprint density at radius 3 is 2.57 bits per heavy atom. The predicted molar refractivity (Wildman–Crippen MR) is 99.0 cm³/mol. The van der Waals surface area contributed by atoms with Crippen LogP contribution in [0.4, 0.5) is 11.4 Å². The SMILES string of the molecule is CCCCCN(CCO)C1CCN(c2ccc(N)cc2C)CC1. The van der Waals surface area contributed by atoms with Gasteiger partial charge in [0.1, 0.15) is 0 Å². The molecule has 1 heterocycles. The maximum atomic E-state index is 9.35. The number of rotatable bonds is 8. The van der Waals surface area contributed by atoms with Crippen molar-refractivity contribution in [2.45, 2.75) is 52.0 Å². The first-order valence-corrected chi connectivity index (χ1v) is 9.11. The maximum absolute atomic E-state index is 9.35. The Bertz CT molecular complexity index is 470. The normalized spacial score (nSPS) is 16.3. The summed E-state index contributed by atoms with van der Waals surface area (Å²) in [6, 6.07) is 6.82. The van der Waals surface area contributed by atoms with Crippen LogP contribution in [-0.4, -0.2) is 48.8 Å². The summed E-state index contributed by atoms with van der Waals surface area (Å²) in [6.07, 6.45) is 6.13. The molecule has 1 aliphatic heterocycles. The number of anilines is 2. The van der Waals surface area contributed by atoms with Crippen LogP contribution in [-0.2, 0) is 0 Å². The van der Waals surface area contributed by atoms with Crippen molar-refractivity contribution in [3.8, 4) is 0 Å². The molecule has 0 radical (unpaired) electrons. The third-order valence-electron chi connectivity index (χ3n) is 4.98. The van der Waals surface area contributed by atoms with E-state index in [-0.39, 0.29) is 6.61 Å². The zero-order valence-corrected chi connectivity index (χ0v) is 14.8. The average molecular weight is 319 g/mol. The number of aryl methyl sites for hydroxylation is 1. The molecule has 1 aliphatic rings. The van der Waals surface area contributed by atoms with Gasteiger partial charge in [-0.2, -0.15) is 0 Å². The van der Waals surface area contributed by atoms with Gasteiger partial charge in [-0.05, 0) is 56.5 Å². The highest BCUT2D eigenvalue weighted by atomic mass is 16.3. The van der Waals surface area contributed by atoms with E-state index in [0.29, 0.717) is 6.04 Å². The summed E-state index contributed by atoms with van der Waals surface area (Å²) in [5.74, 6) is 0. The van der Waals surface area contributed by atoms with Gasteiger partial charge in [-0.15, -0.1) is 0 Å². The van der Waals surface area contributed by atoms with E-state index in [1.807, 2.05) is 6.07 Å². The van der Waals surface area contributed by atoms with Crippen molar-refractivity contribution in [1.82, 2.24) is 4.90 Å². The molecule has 0 amide bonds.